The zero-order chi connectivity index (χ0) is 20.7. The number of fused-ring (bicyclic) bond motifs is 3. The van der Waals surface area contributed by atoms with E-state index in [1.165, 1.54) is 26.6 Å². The van der Waals surface area contributed by atoms with E-state index in [1.54, 1.807) is 18.4 Å². The maximum Gasteiger partial charge on any atom is 0.163 e. The molecule has 0 saturated heterocycles. The van der Waals surface area contributed by atoms with Crippen LogP contribution in [0.5, 0.6) is 0 Å². The number of hydrogen-bond acceptors (Lipinski definition) is 5. The molecule has 152 valence electrons. The van der Waals surface area contributed by atoms with Crippen LogP contribution in [0.2, 0.25) is 0 Å². The third-order valence-electron chi connectivity index (χ3n) is 5.69. The Morgan fingerprint density at radius 2 is 1.83 bits per heavy atom. The summed E-state index contributed by atoms with van der Waals surface area (Å²) in [6.45, 7) is 11.5. The van der Waals surface area contributed by atoms with Crippen molar-refractivity contribution in [3.63, 3.8) is 0 Å². The summed E-state index contributed by atoms with van der Waals surface area (Å²) in [6, 6.07) is 8.76. The molecule has 1 unspecified atom stereocenters. The van der Waals surface area contributed by atoms with Gasteiger partial charge < -0.3 is 4.74 Å². The standard InChI is InChI=1S/C23H28N4OS/c1-13(2)17-7-9-18(10-8-17)21-20-14(3)15(4)29-23(20)27-16(5)25-26-22(27)19(24-21)11-12-28-6/h7-10,13,19H,11-12H2,1-6H3. The third-order valence-corrected chi connectivity index (χ3v) is 6.88. The van der Waals surface area contributed by atoms with Gasteiger partial charge in [-0.2, -0.15) is 0 Å². The number of rotatable bonds is 5. The summed E-state index contributed by atoms with van der Waals surface area (Å²) in [6.07, 6.45) is 0.773. The zero-order valence-corrected chi connectivity index (χ0v) is 18.8. The molecule has 5 nitrogen and oxygen atoms in total. The lowest BCUT2D eigenvalue weighted by Gasteiger charge is -2.13. The second-order valence-electron chi connectivity index (χ2n) is 7.96. The van der Waals surface area contributed by atoms with Crippen LogP contribution in [0, 0.1) is 20.8 Å². The topological polar surface area (TPSA) is 52.3 Å². The molecule has 4 rings (SSSR count). The summed E-state index contributed by atoms with van der Waals surface area (Å²) in [5.41, 5.74) is 6.01. The molecule has 1 aliphatic rings. The van der Waals surface area contributed by atoms with Gasteiger partial charge in [-0.1, -0.05) is 38.1 Å². The third kappa shape index (κ3) is 3.45. The quantitative estimate of drug-likeness (QED) is 0.575. The van der Waals surface area contributed by atoms with Crippen molar-refractivity contribution in [2.75, 3.05) is 13.7 Å². The monoisotopic (exact) mass is 408 g/mol. The van der Waals surface area contributed by atoms with Gasteiger partial charge >= 0.3 is 0 Å². The van der Waals surface area contributed by atoms with Crippen LogP contribution in [0.15, 0.2) is 29.3 Å². The Balaban J connectivity index is 1.94. The lowest BCUT2D eigenvalue weighted by molar-refractivity contribution is 0.187. The Morgan fingerprint density at radius 1 is 1.10 bits per heavy atom. The molecule has 1 aromatic carbocycles. The molecule has 0 saturated carbocycles. The highest BCUT2D eigenvalue weighted by Crippen LogP contribution is 2.39. The van der Waals surface area contributed by atoms with E-state index >= 15 is 0 Å². The second-order valence-corrected chi connectivity index (χ2v) is 9.16. The van der Waals surface area contributed by atoms with Crippen molar-refractivity contribution in [2.24, 2.45) is 4.99 Å². The van der Waals surface area contributed by atoms with E-state index in [0.717, 1.165) is 29.3 Å². The number of methoxy groups -OCH3 is 1. The summed E-state index contributed by atoms with van der Waals surface area (Å²) in [7, 11) is 1.73. The van der Waals surface area contributed by atoms with Crippen molar-refractivity contribution >= 4 is 17.0 Å². The molecule has 0 aliphatic carbocycles. The summed E-state index contributed by atoms with van der Waals surface area (Å²) < 4.78 is 7.56. The van der Waals surface area contributed by atoms with Crippen molar-refractivity contribution in [1.82, 2.24) is 14.8 Å². The minimum Gasteiger partial charge on any atom is -0.385 e. The second kappa shape index (κ2) is 7.84. The van der Waals surface area contributed by atoms with Crippen molar-refractivity contribution in [1.29, 1.82) is 0 Å². The first-order valence-corrected chi connectivity index (χ1v) is 10.9. The largest absolute Gasteiger partial charge is 0.385 e. The molecule has 1 atom stereocenters. The molecule has 29 heavy (non-hydrogen) atoms. The highest BCUT2D eigenvalue weighted by atomic mass is 32.1. The number of aryl methyl sites for hydroxylation is 2. The van der Waals surface area contributed by atoms with Crippen LogP contribution in [0.3, 0.4) is 0 Å². The molecule has 1 aliphatic heterocycles. The van der Waals surface area contributed by atoms with Gasteiger partial charge in [0.05, 0.1) is 5.71 Å². The Labute approximate surface area is 176 Å². The average Bonchev–Trinajstić information content (AvgIpc) is 3.17. The Bertz CT molecular complexity index is 1060. The minimum atomic E-state index is -0.0877. The van der Waals surface area contributed by atoms with Crippen LogP contribution in [0.1, 0.15) is 71.0 Å². The van der Waals surface area contributed by atoms with Crippen LogP contribution in [0.25, 0.3) is 5.00 Å². The molecule has 0 N–H and O–H groups in total. The van der Waals surface area contributed by atoms with Gasteiger partial charge in [0.25, 0.3) is 0 Å². The maximum atomic E-state index is 5.37. The predicted octanol–water partition coefficient (Wildman–Crippen LogP) is 5.31. The minimum absolute atomic E-state index is 0.0877. The van der Waals surface area contributed by atoms with Crippen molar-refractivity contribution in [3.8, 4) is 5.00 Å². The highest BCUT2D eigenvalue weighted by molar-refractivity contribution is 7.15. The van der Waals surface area contributed by atoms with E-state index < -0.39 is 0 Å². The SMILES string of the molecule is COCCC1N=C(c2ccc(C(C)C)cc2)c2c(sc(C)c2C)-n2c(C)nnc21. The smallest absolute Gasteiger partial charge is 0.163 e. The van der Waals surface area contributed by atoms with Crippen molar-refractivity contribution in [3.05, 3.63) is 63.0 Å². The molecule has 3 aromatic rings. The van der Waals surface area contributed by atoms with Crippen LogP contribution in [0.4, 0.5) is 0 Å². The van der Waals surface area contributed by atoms with Gasteiger partial charge in [-0.25, -0.2) is 0 Å². The number of ether oxygens (including phenoxy) is 1. The fourth-order valence-electron chi connectivity index (χ4n) is 3.84. The molecule has 0 spiro atoms. The summed E-state index contributed by atoms with van der Waals surface area (Å²) >= 11 is 1.79. The first-order chi connectivity index (χ1) is 13.9. The van der Waals surface area contributed by atoms with Crippen LogP contribution >= 0.6 is 11.3 Å². The van der Waals surface area contributed by atoms with Gasteiger partial charge in [-0.05, 0) is 37.8 Å². The fraction of sp³-hybridized carbons (Fsp3) is 0.435. The van der Waals surface area contributed by atoms with Crippen molar-refractivity contribution < 1.29 is 4.74 Å². The molecule has 6 heteroatoms. The van der Waals surface area contributed by atoms with Gasteiger partial charge in [-0.15, -0.1) is 21.5 Å². The summed E-state index contributed by atoms with van der Waals surface area (Å²) in [5, 5.41) is 10.1. The van der Waals surface area contributed by atoms with Gasteiger partial charge in [0.2, 0.25) is 0 Å². The summed E-state index contributed by atoms with van der Waals surface area (Å²) in [4.78, 5) is 6.55. The number of aliphatic imine (C=N–C) groups is 1. The molecule has 3 heterocycles. The van der Waals surface area contributed by atoms with Crippen LogP contribution < -0.4 is 0 Å². The van der Waals surface area contributed by atoms with Gasteiger partial charge in [0.1, 0.15) is 16.9 Å². The van der Waals surface area contributed by atoms with E-state index in [4.69, 9.17) is 9.73 Å². The molecule has 0 radical (unpaired) electrons. The Morgan fingerprint density at radius 3 is 2.48 bits per heavy atom. The lowest BCUT2D eigenvalue weighted by atomic mass is 9.96. The summed E-state index contributed by atoms with van der Waals surface area (Å²) in [5.74, 6) is 2.31. The fourth-order valence-corrected chi connectivity index (χ4v) is 5.05. The van der Waals surface area contributed by atoms with Crippen LogP contribution in [-0.2, 0) is 4.74 Å². The molecule has 0 amide bonds. The van der Waals surface area contributed by atoms with Gasteiger partial charge in [-0.3, -0.25) is 9.56 Å². The van der Waals surface area contributed by atoms with Crippen molar-refractivity contribution in [2.45, 2.75) is 53.0 Å². The van der Waals surface area contributed by atoms with Crippen LogP contribution in [-0.4, -0.2) is 34.2 Å². The van der Waals surface area contributed by atoms with E-state index in [2.05, 4.69) is 66.7 Å². The van der Waals surface area contributed by atoms with E-state index in [9.17, 15) is 0 Å². The normalized spacial score (nSPS) is 15.8. The van der Waals surface area contributed by atoms with Gasteiger partial charge in [0, 0.05) is 36.1 Å². The Kier molecular flexibility index (Phi) is 5.40. The first kappa shape index (κ1) is 20.0. The van der Waals surface area contributed by atoms with E-state index in [0.29, 0.717) is 12.5 Å². The number of benzene rings is 1. The number of thiophene rings is 1. The molecule has 0 fully saturated rings. The first-order valence-electron chi connectivity index (χ1n) is 10.1. The highest BCUT2D eigenvalue weighted by Gasteiger charge is 2.31. The number of nitrogens with zero attached hydrogens (tertiary/aromatic N) is 4. The number of hydrogen-bond donors (Lipinski definition) is 0. The molecule has 0 bridgehead atoms. The lowest BCUT2D eigenvalue weighted by Crippen LogP contribution is -2.09. The molecular weight excluding hydrogens is 380 g/mol. The van der Waals surface area contributed by atoms with E-state index in [1.807, 2.05) is 6.92 Å². The van der Waals surface area contributed by atoms with E-state index in [-0.39, 0.29) is 6.04 Å². The Hall–Kier alpha value is -2.31. The molecular formula is C23H28N4OS. The van der Waals surface area contributed by atoms with Gasteiger partial charge in [0.15, 0.2) is 5.82 Å². The predicted molar refractivity (Wildman–Crippen MR) is 119 cm³/mol. The zero-order valence-electron chi connectivity index (χ0n) is 18.0. The number of aromatic nitrogens is 3. The average molecular weight is 409 g/mol. The molecule has 2 aromatic heterocycles. The maximum absolute atomic E-state index is 5.37.